The quantitative estimate of drug-likeness (QED) is 0.251. The molecule has 0 aliphatic rings. The van der Waals surface area contributed by atoms with Gasteiger partial charge in [0, 0.05) is 28.9 Å². The van der Waals surface area contributed by atoms with Crippen LogP contribution in [-0.2, 0) is 6.54 Å². The summed E-state index contributed by atoms with van der Waals surface area (Å²) in [5.41, 5.74) is 5.89. The third kappa shape index (κ3) is 2.99. The summed E-state index contributed by atoms with van der Waals surface area (Å²) in [5, 5.41) is 13.9. The SMILES string of the molecule is Cc1ccc(Cn2ccc3cc(C(=[NH2+])N=NN)ccc32)c(C)c1. The molecule has 0 saturated carbocycles. The van der Waals surface area contributed by atoms with Gasteiger partial charge in [0.2, 0.25) is 0 Å². The number of amidine groups is 1. The maximum absolute atomic E-state index is 5.83. The van der Waals surface area contributed by atoms with Crippen molar-refractivity contribution in [3.8, 4) is 0 Å². The summed E-state index contributed by atoms with van der Waals surface area (Å²) < 4.78 is 2.23. The molecule has 5 nitrogen and oxygen atoms in total. The normalized spacial score (nSPS) is 11.4. The summed E-state index contributed by atoms with van der Waals surface area (Å²) in [6, 6.07) is 14.6. The highest BCUT2D eigenvalue weighted by atomic mass is 15.3. The second kappa shape index (κ2) is 6.04. The van der Waals surface area contributed by atoms with E-state index in [1.807, 2.05) is 18.2 Å². The molecular formula is C18H20N5+. The summed E-state index contributed by atoms with van der Waals surface area (Å²) in [6.45, 7) is 5.11. The first-order valence-corrected chi connectivity index (χ1v) is 7.47. The van der Waals surface area contributed by atoms with Crippen molar-refractivity contribution in [2.24, 2.45) is 16.2 Å². The zero-order chi connectivity index (χ0) is 16.4. The number of nitrogens with zero attached hydrogens (tertiary/aromatic N) is 3. The van der Waals surface area contributed by atoms with E-state index in [9.17, 15) is 0 Å². The van der Waals surface area contributed by atoms with Crippen LogP contribution in [0.3, 0.4) is 0 Å². The van der Waals surface area contributed by atoms with E-state index in [0.29, 0.717) is 5.84 Å². The van der Waals surface area contributed by atoms with Crippen LogP contribution >= 0.6 is 0 Å². The van der Waals surface area contributed by atoms with Crippen molar-refractivity contribution in [2.45, 2.75) is 20.4 Å². The molecule has 0 amide bonds. The van der Waals surface area contributed by atoms with E-state index >= 15 is 0 Å². The summed E-state index contributed by atoms with van der Waals surface area (Å²) >= 11 is 0. The van der Waals surface area contributed by atoms with E-state index in [1.54, 1.807) is 0 Å². The molecule has 0 aliphatic heterocycles. The fraction of sp³-hybridized carbons (Fsp3) is 0.167. The Morgan fingerprint density at radius 2 is 1.96 bits per heavy atom. The van der Waals surface area contributed by atoms with Gasteiger partial charge in [-0.1, -0.05) is 23.8 Å². The number of fused-ring (bicyclic) bond motifs is 1. The fourth-order valence-electron chi connectivity index (χ4n) is 2.82. The maximum Gasteiger partial charge on any atom is 0.350 e. The molecule has 1 heterocycles. The molecule has 0 unspecified atom stereocenters. The number of hydrogen-bond acceptors (Lipinski definition) is 1. The van der Waals surface area contributed by atoms with Crippen molar-refractivity contribution in [1.82, 2.24) is 4.57 Å². The van der Waals surface area contributed by atoms with Gasteiger partial charge in [-0.15, -0.1) is 0 Å². The van der Waals surface area contributed by atoms with Crippen LogP contribution in [0, 0.1) is 13.8 Å². The summed E-state index contributed by atoms with van der Waals surface area (Å²) in [5.74, 6) is 5.36. The van der Waals surface area contributed by atoms with E-state index in [-0.39, 0.29) is 0 Å². The maximum atomic E-state index is 5.83. The van der Waals surface area contributed by atoms with Crippen LogP contribution in [0.1, 0.15) is 22.3 Å². The van der Waals surface area contributed by atoms with Crippen molar-refractivity contribution < 1.29 is 5.41 Å². The number of benzene rings is 2. The third-order valence-electron chi connectivity index (χ3n) is 4.07. The number of aromatic nitrogens is 1. The Kier molecular flexibility index (Phi) is 3.93. The minimum atomic E-state index is 0.316. The van der Waals surface area contributed by atoms with Crippen LogP contribution in [0.15, 0.2) is 59.0 Å². The molecule has 3 rings (SSSR count). The van der Waals surface area contributed by atoms with E-state index < -0.39 is 0 Å². The molecule has 0 fully saturated rings. The van der Waals surface area contributed by atoms with Crippen LogP contribution in [0.2, 0.25) is 0 Å². The van der Waals surface area contributed by atoms with Crippen molar-refractivity contribution in [1.29, 1.82) is 0 Å². The number of rotatable bonds is 3. The highest BCUT2D eigenvalue weighted by Crippen LogP contribution is 2.20. The molecule has 0 radical (unpaired) electrons. The first-order chi connectivity index (χ1) is 11.1. The topological polar surface area (TPSA) is 81.3 Å². The minimum Gasteiger partial charge on any atom is -0.343 e. The van der Waals surface area contributed by atoms with Crippen molar-refractivity contribution in [3.63, 3.8) is 0 Å². The molecule has 0 saturated heterocycles. The second-order valence-corrected chi connectivity index (χ2v) is 5.75. The highest BCUT2D eigenvalue weighted by molar-refractivity contribution is 5.98. The van der Waals surface area contributed by atoms with E-state index in [0.717, 1.165) is 23.0 Å². The Morgan fingerprint density at radius 3 is 2.70 bits per heavy atom. The summed E-state index contributed by atoms with van der Waals surface area (Å²) in [6.07, 6.45) is 2.09. The average Bonchev–Trinajstić information content (AvgIpc) is 2.92. The minimum absolute atomic E-state index is 0.316. The zero-order valence-corrected chi connectivity index (χ0v) is 13.3. The first-order valence-electron chi connectivity index (χ1n) is 7.47. The van der Waals surface area contributed by atoms with Gasteiger partial charge in [0.25, 0.3) is 0 Å². The number of aryl methyl sites for hydroxylation is 2. The molecular weight excluding hydrogens is 286 g/mol. The Bertz CT molecular complexity index is 905. The molecule has 4 N–H and O–H groups in total. The molecule has 0 spiro atoms. The fourth-order valence-corrected chi connectivity index (χ4v) is 2.82. The monoisotopic (exact) mass is 306 g/mol. The Labute approximate surface area is 134 Å². The molecule has 0 atom stereocenters. The number of hydrogen-bond donors (Lipinski definition) is 2. The summed E-state index contributed by atoms with van der Waals surface area (Å²) in [7, 11) is 0. The van der Waals surface area contributed by atoms with Gasteiger partial charge in [0.1, 0.15) is 0 Å². The van der Waals surface area contributed by atoms with Gasteiger partial charge in [-0.05, 0) is 49.2 Å². The van der Waals surface area contributed by atoms with Gasteiger partial charge >= 0.3 is 5.84 Å². The molecule has 2 aromatic carbocycles. The second-order valence-electron chi connectivity index (χ2n) is 5.75. The molecule has 116 valence electrons. The lowest BCUT2D eigenvalue weighted by Crippen LogP contribution is -2.38. The van der Waals surface area contributed by atoms with E-state index in [2.05, 4.69) is 59.2 Å². The third-order valence-corrected chi connectivity index (χ3v) is 4.07. The zero-order valence-electron chi connectivity index (χ0n) is 13.3. The largest absolute Gasteiger partial charge is 0.350 e. The number of nitrogens with two attached hydrogens (primary N) is 2. The van der Waals surface area contributed by atoms with Crippen LogP contribution in [0.5, 0.6) is 0 Å². The van der Waals surface area contributed by atoms with Crippen molar-refractivity contribution in [3.05, 3.63) is 70.9 Å². The van der Waals surface area contributed by atoms with E-state index in [4.69, 9.17) is 11.3 Å². The van der Waals surface area contributed by atoms with Crippen LogP contribution in [-0.4, -0.2) is 10.4 Å². The summed E-state index contributed by atoms with van der Waals surface area (Å²) in [4.78, 5) is 0. The Hall–Kier alpha value is -2.95. The van der Waals surface area contributed by atoms with Crippen LogP contribution in [0.4, 0.5) is 0 Å². The molecule has 1 aromatic heterocycles. The van der Waals surface area contributed by atoms with Crippen molar-refractivity contribution in [2.75, 3.05) is 0 Å². The van der Waals surface area contributed by atoms with Gasteiger partial charge in [-0.25, -0.2) is 0 Å². The molecule has 0 aliphatic carbocycles. The van der Waals surface area contributed by atoms with Crippen LogP contribution < -0.4 is 11.3 Å². The van der Waals surface area contributed by atoms with Gasteiger partial charge in [-0.2, -0.15) is 0 Å². The van der Waals surface area contributed by atoms with Gasteiger partial charge in [0.15, 0.2) is 0 Å². The van der Waals surface area contributed by atoms with Gasteiger partial charge < -0.3 is 4.57 Å². The molecule has 3 aromatic rings. The lowest BCUT2D eigenvalue weighted by molar-refractivity contribution is -0.114. The standard InChI is InChI=1S/C18H19N5/c1-12-3-4-16(13(2)9-12)11-23-8-7-14-10-15(5-6-17(14)23)18(19)21-22-20/h3-10H,11H2,1-2H3,(H3,19,20,21)/p+1. The average molecular weight is 306 g/mol. The van der Waals surface area contributed by atoms with Crippen molar-refractivity contribution >= 4 is 16.7 Å². The predicted molar refractivity (Wildman–Crippen MR) is 92.0 cm³/mol. The lowest BCUT2D eigenvalue weighted by atomic mass is 10.1. The molecule has 5 heteroatoms. The highest BCUT2D eigenvalue weighted by Gasteiger charge is 2.11. The lowest BCUT2D eigenvalue weighted by Gasteiger charge is -2.09. The van der Waals surface area contributed by atoms with Gasteiger partial charge in [0.05, 0.1) is 10.7 Å². The molecule has 0 bridgehead atoms. The van der Waals surface area contributed by atoms with Gasteiger partial charge in [-0.3, -0.25) is 11.3 Å². The Balaban J connectivity index is 1.95. The Morgan fingerprint density at radius 1 is 1.13 bits per heavy atom. The molecule has 23 heavy (non-hydrogen) atoms. The first kappa shape index (κ1) is 15.0. The predicted octanol–water partition coefficient (Wildman–Crippen LogP) is 2.14. The van der Waals surface area contributed by atoms with Crippen LogP contribution in [0.25, 0.3) is 10.9 Å². The smallest absolute Gasteiger partial charge is 0.343 e. The van der Waals surface area contributed by atoms with E-state index in [1.165, 1.54) is 16.7 Å².